The van der Waals surface area contributed by atoms with Crippen LogP contribution in [-0.4, -0.2) is 25.7 Å². The maximum absolute atomic E-state index is 12.1. The topological polar surface area (TPSA) is 47.6 Å². The van der Waals surface area contributed by atoms with Crippen molar-refractivity contribution in [3.63, 3.8) is 0 Å². The zero-order chi connectivity index (χ0) is 18.2. The quantitative estimate of drug-likeness (QED) is 0.699. The van der Waals surface area contributed by atoms with E-state index in [4.69, 9.17) is 9.47 Å². The Bertz CT molecular complexity index is 725. The molecule has 2 aromatic rings. The van der Waals surface area contributed by atoms with Crippen LogP contribution in [0.5, 0.6) is 11.5 Å². The van der Waals surface area contributed by atoms with Gasteiger partial charge in [0.1, 0.15) is 11.5 Å². The zero-order valence-corrected chi connectivity index (χ0v) is 15.4. The Morgan fingerprint density at radius 2 is 1.96 bits per heavy atom. The Labute approximate surface area is 155 Å². The summed E-state index contributed by atoms with van der Waals surface area (Å²) in [6, 6.07) is 14.1. The smallest absolute Gasteiger partial charge is 0.224 e. The molecule has 0 bridgehead atoms. The first kappa shape index (κ1) is 18.3. The molecule has 0 fully saturated rings. The molecule has 4 heteroatoms. The fraction of sp³-hybridized carbons (Fsp3) is 0.409. The Kier molecular flexibility index (Phi) is 6.53. The van der Waals surface area contributed by atoms with Gasteiger partial charge in [0.25, 0.3) is 0 Å². The summed E-state index contributed by atoms with van der Waals surface area (Å²) in [5.74, 6) is 1.92. The second kappa shape index (κ2) is 9.27. The molecule has 0 spiro atoms. The Morgan fingerprint density at radius 1 is 1.15 bits per heavy atom. The van der Waals surface area contributed by atoms with E-state index in [0.717, 1.165) is 56.0 Å². The van der Waals surface area contributed by atoms with Crippen molar-refractivity contribution in [2.45, 2.75) is 39.0 Å². The van der Waals surface area contributed by atoms with Gasteiger partial charge in [-0.05, 0) is 47.7 Å². The van der Waals surface area contributed by atoms with Crippen LogP contribution in [0.15, 0.2) is 42.5 Å². The number of fused-ring (bicyclic) bond motifs is 1. The molecule has 1 aliphatic rings. The number of unbranched alkanes of at least 4 members (excludes halogenated alkanes) is 1. The molecule has 0 saturated carbocycles. The minimum Gasteiger partial charge on any atom is -0.494 e. The lowest BCUT2D eigenvalue weighted by molar-refractivity contribution is -0.120. The van der Waals surface area contributed by atoms with Gasteiger partial charge < -0.3 is 14.8 Å². The molecular formula is C22H27NO3. The largest absolute Gasteiger partial charge is 0.494 e. The van der Waals surface area contributed by atoms with Gasteiger partial charge in [-0.3, -0.25) is 4.79 Å². The van der Waals surface area contributed by atoms with Crippen LogP contribution in [0, 0.1) is 0 Å². The van der Waals surface area contributed by atoms with Gasteiger partial charge in [-0.15, -0.1) is 0 Å². The summed E-state index contributed by atoms with van der Waals surface area (Å²) in [6.45, 7) is 4.30. The fourth-order valence-corrected chi connectivity index (χ4v) is 3.03. The second-order valence-corrected chi connectivity index (χ2v) is 6.66. The average Bonchev–Trinajstić information content (AvgIpc) is 3.11. The maximum atomic E-state index is 12.1. The first-order valence-corrected chi connectivity index (χ1v) is 9.47. The molecule has 4 nitrogen and oxygen atoms in total. The van der Waals surface area contributed by atoms with E-state index in [1.54, 1.807) is 0 Å². The van der Waals surface area contributed by atoms with Gasteiger partial charge in [0, 0.05) is 13.0 Å². The van der Waals surface area contributed by atoms with Crippen LogP contribution >= 0.6 is 0 Å². The van der Waals surface area contributed by atoms with Crippen LogP contribution in [0.2, 0.25) is 0 Å². The lowest BCUT2D eigenvalue weighted by Gasteiger charge is -2.08. The van der Waals surface area contributed by atoms with E-state index < -0.39 is 0 Å². The van der Waals surface area contributed by atoms with Crippen molar-refractivity contribution in [1.29, 1.82) is 0 Å². The van der Waals surface area contributed by atoms with Gasteiger partial charge >= 0.3 is 0 Å². The van der Waals surface area contributed by atoms with E-state index in [-0.39, 0.29) is 5.91 Å². The van der Waals surface area contributed by atoms with Crippen molar-refractivity contribution in [2.75, 3.05) is 19.8 Å². The average molecular weight is 353 g/mol. The van der Waals surface area contributed by atoms with E-state index in [1.807, 2.05) is 24.3 Å². The number of hydrogen-bond acceptors (Lipinski definition) is 3. The summed E-state index contributed by atoms with van der Waals surface area (Å²) in [6.07, 6.45) is 4.38. The zero-order valence-electron chi connectivity index (χ0n) is 15.4. The number of benzene rings is 2. The third-order valence-electron chi connectivity index (χ3n) is 4.54. The molecule has 3 rings (SSSR count). The first-order chi connectivity index (χ1) is 12.7. The monoisotopic (exact) mass is 353 g/mol. The summed E-state index contributed by atoms with van der Waals surface area (Å²) in [4.78, 5) is 12.1. The van der Waals surface area contributed by atoms with Crippen LogP contribution in [0.1, 0.15) is 36.5 Å². The minimum atomic E-state index is 0.0587. The summed E-state index contributed by atoms with van der Waals surface area (Å²) in [5, 5.41) is 3.00. The molecule has 2 aromatic carbocycles. The number of carbonyl (C=O) groups is 1. The summed E-state index contributed by atoms with van der Waals surface area (Å²) in [5.41, 5.74) is 3.44. The highest BCUT2D eigenvalue weighted by Crippen LogP contribution is 2.25. The van der Waals surface area contributed by atoms with E-state index in [0.29, 0.717) is 13.0 Å². The van der Waals surface area contributed by atoms with Crippen molar-refractivity contribution >= 4 is 5.91 Å². The number of amides is 1. The van der Waals surface area contributed by atoms with Crippen LogP contribution in [-0.2, 0) is 24.1 Å². The standard InChI is InChI=1S/C22H27NO3/c1-2-3-13-25-20-7-4-17(5-8-20)10-12-23-22(24)16-18-6-9-21-19(15-18)11-14-26-21/h4-9,15H,2-3,10-14,16H2,1H3,(H,23,24). The highest BCUT2D eigenvalue weighted by Gasteiger charge is 2.13. The fourth-order valence-electron chi connectivity index (χ4n) is 3.03. The molecule has 0 atom stereocenters. The van der Waals surface area contributed by atoms with Crippen molar-refractivity contribution in [3.05, 3.63) is 59.2 Å². The van der Waals surface area contributed by atoms with Gasteiger partial charge in [-0.2, -0.15) is 0 Å². The molecule has 1 heterocycles. The Balaban J connectivity index is 1.39. The molecular weight excluding hydrogens is 326 g/mol. The van der Waals surface area contributed by atoms with Crippen molar-refractivity contribution < 1.29 is 14.3 Å². The molecule has 1 amide bonds. The third kappa shape index (κ3) is 5.25. The second-order valence-electron chi connectivity index (χ2n) is 6.66. The van der Waals surface area contributed by atoms with E-state index in [1.165, 1.54) is 11.1 Å². The van der Waals surface area contributed by atoms with Gasteiger partial charge in [-0.25, -0.2) is 0 Å². The number of nitrogens with one attached hydrogen (secondary N) is 1. The van der Waals surface area contributed by atoms with Crippen LogP contribution in [0.25, 0.3) is 0 Å². The highest BCUT2D eigenvalue weighted by molar-refractivity contribution is 5.78. The number of carbonyl (C=O) groups excluding carboxylic acids is 1. The SMILES string of the molecule is CCCCOc1ccc(CCNC(=O)Cc2ccc3c(c2)CCO3)cc1. The maximum Gasteiger partial charge on any atom is 0.224 e. The molecule has 138 valence electrons. The highest BCUT2D eigenvalue weighted by atomic mass is 16.5. The van der Waals surface area contributed by atoms with E-state index in [9.17, 15) is 4.79 Å². The molecule has 26 heavy (non-hydrogen) atoms. The Morgan fingerprint density at radius 3 is 2.77 bits per heavy atom. The number of ether oxygens (including phenoxy) is 2. The van der Waals surface area contributed by atoms with Crippen LogP contribution < -0.4 is 14.8 Å². The molecule has 0 aliphatic carbocycles. The lowest BCUT2D eigenvalue weighted by Crippen LogP contribution is -2.27. The van der Waals surface area contributed by atoms with Crippen LogP contribution in [0.3, 0.4) is 0 Å². The molecule has 0 unspecified atom stereocenters. The van der Waals surface area contributed by atoms with E-state index in [2.05, 4.69) is 30.4 Å². The number of hydrogen-bond donors (Lipinski definition) is 1. The predicted molar refractivity (Wildman–Crippen MR) is 103 cm³/mol. The molecule has 0 radical (unpaired) electrons. The number of rotatable bonds is 9. The minimum absolute atomic E-state index is 0.0587. The van der Waals surface area contributed by atoms with Gasteiger partial charge in [0.15, 0.2) is 0 Å². The summed E-state index contributed by atoms with van der Waals surface area (Å²) >= 11 is 0. The summed E-state index contributed by atoms with van der Waals surface area (Å²) in [7, 11) is 0. The van der Waals surface area contributed by atoms with Crippen molar-refractivity contribution in [3.8, 4) is 11.5 Å². The molecule has 1 N–H and O–H groups in total. The Hall–Kier alpha value is -2.49. The lowest BCUT2D eigenvalue weighted by atomic mass is 10.1. The predicted octanol–water partition coefficient (Wildman–Crippen LogP) is 3.70. The first-order valence-electron chi connectivity index (χ1n) is 9.47. The van der Waals surface area contributed by atoms with Gasteiger partial charge in [0.05, 0.1) is 19.6 Å². The normalized spacial score (nSPS) is 12.3. The van der Waals surface area contributed by atoms with E-state index >= 15 is 0 Å². The van der Waals surface area contributed by atoms with Gasteiger partial charge in [-0.1, -0.05) is 37.6 Å². The molecule has 1 aliphatic heterocycles. The third-order valence-corrected chi connectivity index (χ3v) is 4.54. The summed E-state index contributed by atoms with van der Waals surface area (Å²) < 4.78 is 11.2. The van der Waals surface area contributed by atoms with Gasteiger partial charge in [0.2, 0.25) is 5.91 Å². The molecule has 0 aromatic heterocycles. The molecule has 0 saturated heterocycles. The van der Waals surface area contributed by atoms with Crippen molar-refractivity contribution in [1.82, 2.24) is 5.32 Å². The van der Waals surface area contributed by atoms with Crippen molar-refractivity contribution in [2.24, 2.45) is 0 Å². The van der Waals surface area contributed by atoms with Crippen LogP contribution in [0.4, 0.5) is 0 Å².